The van der Waals surface area contributed by atoms with Crippen LogP contribution in [-0.4, -0.2) is 47.5 Å². The van der Waals surface area contributed by atoms with Gasteiger partial charge in [0.1, 0.15) is 0 Å². The summed E-state index contributed by atoms with van der Waals surface area (Å²) in [5.74, 6) is -0.634. The van der Waals surface area contributed by atoms with Crippen LogP contribution in [0.15, 0.2) is 18.2 Å². The van der Waals surface area contributed by atoms with Gasteiger partial charge in [-0.25, -0.2) is 0 Å². The molecule has 0 saturated carbocycles. The molecule has 0 aliphatic rings. The van der Waals surface area contributed by atoms with Crippen molar-refractivity contribution in [3.05, 3.63) is 33.9 Å². The number of nitrogens with zero attached hydrogens (tertiary/aromatic N) is 2. The van der Waals surface area contributed by atoms with Crippen LogP contribution in [0.4, 0.5) is 5.69 Å². The van der Waals surface area contributed by atoms with Gasteiger partial charge in [0.15, 0.2) is 5.75 Å². The number of carbonyl (C=O) groups is 1. The SMILES string of the molecule is CC(C)C(CN(C)C)NC(=O)c1ccc([N+](=O)[O-])c(O)c1. The number of aromatic hydroxyl groups is 1. The van der Waals surface area contributed by atoms with Gasteiger partial charge < -0.3 is 15.3 Å². The minimum Gasteiger partial charge on any atom is -0.502 e. The van der Waals surface area contributed by atoms with Crippen molar-refractivity contribution in [3.63, 3.8) is 0 Å². The average Bonchev–Trinajstić information content (AvgIpc) is 2.36. The fourth-order valence-corrected chi connectivity index (χ4v) is 1.89. The highest BCUT2D eigenvalue weighted by Crippen LogP contribution is 2.26. The molecular formula is C14H21N3O4. The number of benzene rings is 1. The standard InChI is InChI=1S/C14H21N3O4/c1-9(2)11(8-16(3)4)15-14(19)10-5-6-12(17(20)21)13(18)7-10/h5-7,9,11,18H,8H2,1-4H3,(H,15,19). The molecule has 0 radical (unpaired) electrons. The van der Waals surface area contributed by atoms with Crippen molar-refractivity contribution in [2.75, 3.05) is 20.6 Å². The number of hydrogen-bond donors (Lipinski definition) is 2. The Hall–Kier alpha value is -2.15. The second kappa shape index (κ2) is 7.03. The number of carbonyl (C=O) groups excluding carboxylic acids is 1. The predicted octanol–water partition coefficient (Wildman–Crippen LogP) is 1.62. The molecule has 21 heavy (non-hydrogen) atoms. The highest BCUT2D eigenvalue weighted by atomic mass is 16.6. The van der Waals surface area contributed by atoms with Crippen molar-refractivity contribution in [2.24, 2.45) is 5.92 Å². The minimum absolute atomic E-state index is 0.0511. The van der Waals surface area contributed by atoms with Crippen LogP contribution in [0.1, 0.15) is 24.2 Å². The van der Waals surface area contributed by atoms with Gasteiger partial charge in [-0.3, -0.25) is 14.9 Å². The van der Waals surface area contributed by atoms with E-state index in [1.54, 1.807) is 0 Å². The molecule has 0 fully saturated rings. The first kappa shape index (κ1) is 16.9. The van der Waals surface area contributed by atoms with Crippen LogP contribution in [0, 0.1) is 16.0 Å². The number of nitro groups is 1. The van der Waals surface area contributed by atoms with Crippen LogP contribution < -0.4 is 5.32 Å². The van der Waals surface area contributed by atoms with Crippen molar-refractivity contribution in [1.29, 1.82) is 0 Å². The van der Waals surface area contributed by atoms with Crippen LogP contribution in [0.2, 0.25) is 0 Å². The molecule has 0 aromatic heterocycles. The minimum atomic E-state index is -0.694. The second-order valence-electron chi connectivity index (χ2n) is 5.55. The van der Waals surface area contributed by atoms with Crippen LogP contribution in [0.5, 0.6) is 5.75 Å². The normalized spacial score (nSPS) is 12.5. The van der Waals surface area contributed by atoms with E-state index in [4.69, 9.17) is 0 Å². The summed E-state index contributed by atoms with van der Waals surface area (Å²) in [6.07, 6.45) is 0. The Labute approximate surface area is 123 Å². The molecule has 0 heterocycles. The molecule has 1 aromatic carbocycles. The number of phenols is 1. The molecule has 1 rings (SSSR count). The van der Waals surface area contributed by atoms with E-state index < -0.39 is 16.4 Å². The van der Waals surface area contributed by atoms with E-state index in [0.29, 0.717) is 6.54 Å². The average molecular weight is 295 g/mol. The Bertz CT molecular complexity index is 529. The Balaban J connectivity index is 2.88. The molecule has 1 unspecified atom stereocenters. The van der Waals surface area contributed by atoms with E-state index in [0.717, 1.165) is 12.1 Å². The summed E-state index contributed by atoms with van der Waals surface area (Å²) in [7, 11) is 3.83. The number of rotatable bonds is 6. The van der Waals surface area contributed by atoms with E-state index in [1.807, 2.05) is 32.8 Å². The lowest BCUT2D eigenvalue weighted by atomic mass is 10.0. The van der Waals surface area contributed by atoms with Crippen LogP contribution >= 0.6 is 0 Å². The smallest absolute Gasteiger partial charge is 0.310 e. The molecule has 1 atom stereocenters. The van der Waals surface area contributed by atoms with Crippen LogP contribution in [0.25, 0.3) is 0 Å². The van der Waals surface area contributed by atoms with Gasteiger partial charge in [-0.15, -0.1) is 0 Å². The largest absolute Gasteiger partial charge is 0.502 e. The highest BCUT2D eigenvalue weighted by molar-refractivity contribution is 5.95. The van der Waals surface area contributed by atoms with Gasteiger partial charge in [0.25, 0.3) is 5.91 Å². The van der Waals surface area contributed by atoms with Gasteiger partial charge in [-0.2, -0.15) is 0 Å². The second-order valence-corrected chi connectivity index (χ2v) is 5.55. The Morgan fingerprint density at radius 1 is 1.43 bits per heavy atom. The molecule has 0 aliphatic heterocycles. The molecule has 0 aliphatic carbocycles. The zero-order valence-corrected chi connectivity index (χ0v) is 12.7. The fourth-order valence-electron chi connectivity index (χ4n) is 1.89. The van der Waals surface area contributed by atoms with E-state index in [9.17, 15) is 20.0 Å². The summed E-state index contributed by atoms with van der Waals surface area (Å²) in [5.41, 5.74) is -0.220. The van der Waals surface area contributed by atoms with Crippen molar-refractivity contribution in [3.8, 4) is 5.75 Å². The van der Waals surface area contributed by atoms with Gasteiger partial charge in [-0.05, 0) is 32.1 Å². The summed E-state index contributed by atoms with van der Waals surface area (Å²) in [6, 6.07) is 3.52. The van der Waals surface area contributed by atoms with Gasteiger partial charge in [0, 0.05) is 24.2 Å². The maximum atomic E-state index is 12.2. The number of nitro benzene ring substituents is 1. The number of nitrogens with one attached hydrogen (secondary N) is 1. The Kier molecular flexibility index (Phi) is 5.66. The zero-order valence-electron chi connectivity index (χ0n) is 12.7. The first-order chi connectivity index (χ1) is 9.72. The lowest BCUT2D eigenvalue weighted by molar-refractivity contribution is -0.385. The number of likely N-dealkylation sites (N-methyl/N-ethyl adjacent to an activating group) is 1. The third-order valence-electron chi connectivity index (χ3n) is 3.12. The molecule has 0 saturated heterocycles. The molecule has 1 aromatic rings. The first-order valence-electron chi connectivity index (χ1n) is 6.65. The Morgan fingerprint density at radius 2 is 2.05 bits per heavy atom. The third-order valence-corrected chi connectivity index (χ3v) is 3.12. The number of hydrogen-bond acceptors (Lipinski definition) is 5. The van der Waals surface area contributed by atoms with E-state index in [-0.39, 0.29) is 23.4 Å². The van der Waals surface area contributed by atoms with Gasteiger partial charge >= 0.3 is 5.69 Å². The predicted molar refractivity (Wildman–Crippen MR) is 79.4 cm³/mol. The van der Waals surface area contributed by atoms with E-state index >= 15 is 0 Å². The lowest BCUT2D eigenvalue weighted by Gasteiger charge is -2.25. The molecule has 116 valence electrons. The summed E-state index contributed by atoms with van der Waals surface area (Å²) in [5, 5.41) is 23.1. The van der Waals surface area contributed by atoms with Gasteiger partial charge in [0.2, 0.25) is 0 Å². The zero-order chi connectivity index (χ0) is 16.2. The maximum Gasteiger partial charge on any atom is 0.310 e. The molecule has 7 nitrogen and oxygen atoms in total. The van der Waals surface area contributed by atoms with Crippen molar-refractivity contribution in [2.45, 2.75) is 19.9 Å². The lowest BCUT2D eigenvalue weighted by Crippen LogP contribution is -2.45. The van der Waals surface area contributed by atoms with Gasteiger partial charge in [-0.1, -0.05) is 13.8 Å². The Morgan fingerprint density at radius 3 is 2.48 bits per heavy atom. The molecular weight excluding hydrogens is 274 g/mol. The molecule has 0 bridgehead atoms. The third kappa shape index (κ3) is 4.71. The van der Waals surface area contributed by atoms with Gasteiger partial charge in [0.05, 0.1) is 4.92 Å². The van der Waals surface area contributed by atoms with Crippen LogP contribution in [0.3, 0.4) is 0 Å². The molecule has 2 N–H and O–H groups in total. The van der Waals surface area contributed by atoms with E-state index in [1.165, 1.54) is 6.07 Å². The monoisotopic (exact) mass is 295 g/mol. The molecule has 0 spiro atoms. The summed E-state index contributed by atoms with van der Waals surface area (Å²) < 4.78 is 0. The quantitative estimate of drug-likeness (QED) is 0.614. The summed E-state index contributed by atoms with van der Waals surface area (Å²) in [6.45, 7) is 4.69. The number of phenolic OH excluding ortho intramolecular Hbond substituents is 1. The van der Waals surface area contributed by atoms with Crippen LogP contribution in [-0.2, 0) is 0 Å². The van der Waals surface area contributed by atoms with Crippen molar-refractivity contribution >= 4 is 11.6 Å². The number of amides is 1. The van der Waals surface area contributed by atoms with Crippen molar-refractivity contribution < 1.29 is 14.8 Å². The van der Waals surface area contributed by atoms with Crippen molar-refractivity contribution in [1.82, 2.24) is 10.2 Å². The summed E-state index contributed by atoms with van der Waals surface area (Å²) >= 11 is 0. The molecule has 7 heteroatoms. The fraction of sp³-hybridized carbons (Fsp3) is 0.500. The topological polar surface area (TPSA) is 95.7 Å². The maximum absolute atomic E-state index is 12.2. The van der Waals surface area contributed by atoms with E-state index in [2.05, 4.69) is 5.32 Å². The summed E-state index contributed by atoms with van der Waals surface area (Å²) in [4.78, 5) is 24.1. The highest BCUT2D eigenvalue weighted by Gasteiger charge is 2.20. The first-order valence-corrected chi connectivity index (χ1v) is 6.65. The molecule has 1 amide bonds.